The minimum atomic E-state index is -0.884. The molecular formula is C10H16N2O4. The van der Waals surface area contributed by atoms with Crippen LogP contribution >= 0.6 is 0 Å². The highest BCUT2D eigenvalue weighted by molar-refractivity contribution is 5.70. The number of hydrogen-bond donors (Lipinski definition) is 2. The van der Waals surface area contributed by atoms with Gasteiger partial charge in [-0.15, -0.1) is 0 Å². The van der Waals surface area contributed by atoms with Gasteiger partial charge >= 0.3 is 6.03 Å². The van der Waals surface area contributed by atoms with Crippen molar-refractivity contribution in [1.82, 2.24) is 5.06 Å². The Hall–Kier alpha value is -1.53. The summed E-state index contributed by atoms with van der Waals surface area (Å²) >= 11 is 0. The highest BCUT2D eigenvalue weighted by atomic mass is 16.5. The van der Waals surface area contributed by atoms with Gasteiger partial charge < -0.3 is 14.9 Å². The highest BCUT2D eigenvalue weighted by Gasteiger charge is 2.04. The third-order valence-corrected chi connectivity index (χ3v) is 1.99. The van der Waals surface area contributed by atoms with Gasteiger partial charge in [-0.25, -0.2) is 9.86 Å². The summed E-state index contributed by atoms with van der Waals surface area (Å²) in [5, 5.41) is 9.32. The molecule has 2 amide bonds. The summed E-state index contributed by atoms with van der Waals surface area (Å²) < 4.78 is 10.5. The minimum Gasteiger partial charge on any atom is -0.466 e. The van der Waals surface area contributed by atoms with Gasteiger partial charge in [0.1, 0.15) is 11.5 Å². The highest BCUT2D eigenvalue weighted by Crippen LogP contribution is 2.06. The van der Waals surface area contributed by atoms with Gasteiger partial charge in [0, 0.05) is 6.42 Å². The number of aryl methyl sites for hydroxylation is 1. The van der Waals surface area contributed by atoms with E-state index >= 15 is 0 Å². The monoisotopic (exact) mass is 228 g/mol. The molecule has 1 heterocycles. The molecule has 0 aliphatic heterocycles. The fourth-order valence-electron chi connectivity index (χ4n) is 1.16. The lowest BCUT2D eigenvalue weighted by molar-refractivity contribution is -0.0563. The molecule has 6 heteroatoms. The summed E-state index contributed by atoms with van der Waals surface area (Å²) in [6.07, 6.45) is 0.663. The van der Waals surface area contributed by atoms with Crippen LogP contribution in [0.5, 0.6) is 0 Å². The Morgan fingerprint density at radius 1 is 1.56 bits per heavy atom. The van der Waals surface area contributed by atoms with Gasteiger partial charge in [0.2, 0.25) is 0 Å². The third-order valence-electron chi connectivity index (χ3n) is 1.99. The first kappa shape index (κ1) is 12.5. The smallest absolute Gasteiger partial charge is 0.338 e. The summed E-state index contributed by atoms with van der Waals surface area (Å²) in [6.45, 7) is 2.64. The number of nitrogens with zero attached hydrogens (tertiary/aromatic N) is 1. The number of hydroxylamine groups is 2. The maximum Gasteiger partial charge on any atom is 0.338 e. The van der Waals surface area contributed by atoms with Crippen LogP contribution in [0.2, 0.25) is 0 Å². The largest absolute Gasteiger partial charge is 0.466 e. The average molecular weight is 228 g/mol. The maximum atomic E-state index is 10.4. The number of hydrogen-bond acceptors (Lipinski definition) is 4. The molecule has 1 aromatic rings. The predicted octanol–water partition coefficient (Wildman–Crippen LogP) is 0.917. The van der Waals surface area contributed by atoms with Crippen molar-refractivity contribution >= 4 is 6.03 Å². The molecule has 1 aromatic heterocycles. The van der Waals surface area contributed by atoms with Crippen LogP contribution in [0.4, 0.5) is 4.79 Å². The molecule has 90 valence electrons. The minimum absolute atomic E-state index is 0.0620. The number of furan rings is 1. The third kappa shape index (κ3) is 4.33. The van der Waals surface area contributed by atoms with E-state index in [0.717, 1.165) is 11.5 Å². The number of urea groups is 1. The van der Waals surface area contributed by atoms with Crippen molar-refractivity contribution in [3.8, 4) is 0 Å². The van der Waals surface area contributed by atoms with E-state index in [2.05, 4.69) is 0 Å². The number of nitrogens with two attached hydrogens (primary N) is 1. The lowest BCUT2D eigenvalue weighted by Crippen LogP contribution is -2.35. The Kier molecular flexibility index (Phi) is 4.81. The summed E-state index contributed by atoms with van der Waals surface area (Å²) in [7, 11) is 0. The summed E-state index contributed by atoms with van der Waals surface area (Å²) in [5.74, 6) is 1.72. The molecule has 0 saturated carbocycles. The fraction of sp³-hybridized carbons (Fsp3) is 0.500. The van der Waals surface area contributed by atoms with Gasteiger partial charge in [-0.3, -0.25) is 5.21 Å². The van der Waals surface area contributed by atoms with Crippen molar-refractivity contribution in [3.63, 3.8) is 0 Å². The number of primary amides is 1. The number of rotatable bonds is 6. The van der Waals surface area contributed by atoms with E-state index in [4.69, 9.17) is 20.1 Å². The van der Waals surface area contributed by atoms with E-state index in [1.54, 1.807) is 0 Å². The number of ether oxygens (including phenoxy) is 1. The molecule has 0 atom stereocenters. The van der Waals surface area contributed by atoms with E-state index in [-0.39, 0.29) is 13.2 Å². The summed E-state index contributed by atoms with van der Waals surface area (Å²) in [5.41, 5.74) is 4.81. The second kappa shape index (κ2) is 6.14. The Bertz CT molecular complexity index is 337. The molecule has 0 radical (unpaired) electrons. The summed E-state index contributed by atoms with van der Waals surface area (Å²) in [6, 6.07) is 2.89. The van der Waals surface area contributed by atoms with Crippen molar-refractivity contribution in [3.05, 3.63) is 23.7 Å². The summed E-state index contributed by atoms with van der Waals surface area (Å²) in [4.78, 5) is 10.4. The fourth-order valence-corrected chi connectivity index (χ4v) is 1.16. The quantitative estimate of drug-likeness (QED) is 0.430. The van der Waals surface area contributed by atoms with E-state index in [0.29, 0.717) is 18.1 Å². The average Bonchev–Trinajstić information content (AvgIpc) is 2.63. The molecular weight excluding hydrogens is 212 g/mol. The van der Waals surface area contributed by atoms with Gasteiger partial charge in [0.15, 0.2) is 0 Å². The van der Waals surface area contributed by atoms with Gasteiger partial charge in [-0.05, 0) is 19.1 Å². The first-order valence-electron chi connectivity index (χ1n) is 4.98. The Morgan fingerprint density at radius 3 is 2.88 bits per heavy atom. The molecule has 0 saturated heterocycles. The second-order valence-electron chi connectivity index (χ2n) is 3.34. The Morgan fingerprint density at radius 2 is 2.31 bits per heavy atom. The second-order valence-corrected chi connectivity index (χ2v) is 3.34. The molecule has 0 bridgehead atoms. The van der Waals surface area contributed by atoms with Crippen LogP contribution in [0.15, 0.2) is 16.5 Å². The topological polar surface area (TPSA) is 88.9 Å². The van der Waals surface area contributed by atoms with Crippen LogP contribution in [0.1, 0.15) is 11.5 Å². The lowest BCUT2D eigenvalue weighted by Gasteiger charge is -2.11. The molecule has 0 spiro atoms. The van der Waals surface area contributed by atoms with Crippen molar-refractivity contribution in [2.75, 3.05) is 19.8 Å². The Labute approximate surface area is 93.5 Å². The SMILES string of the molecule is Cc1ccc(CCOCCN(O)C(N)=O)o1. The van der Waals surface area contributed by atoms with Crippen molar-refractivity contribution in [1.29, 1.82) is 0 Å². The molecule has 0 aliphatic rings. The molecule has 3 N–H and O–H groups in total. The van der Waals surface area contributed by atoms with Crippen molar-refractivity contribution in [2.45, 2.75) is 13.3 Å². The normalized spacial score (nSPS) is 10.4. The molecule has 1 rings (SSSR count). The zero-order valence-corrected chi connectivity index (χ0v) is 9.18. The maximum absolute atomic E-state index is 10.4. The van der Waals surface area contributed by atoms with E-state index in [1.807, 2.05) is 19.1 Å². The lowest BCUT2D eigenvalue weighted by atomic mass is 10.3. The van der Waals surface area contributed by atoms with Crippen LogP contribution in [0.25, 0.3) is 0 Å². The molecule has 0 fully saturated rings. The standard InChI is InChI=1S/C10H16N2O4/c1-8-2-3-9(16-8)4-6-15-7-5-12(14)10(11)13/h2-3,14H,4-7H2,1H3,(H2,11,13). The molecule has 0 unspecified atom stereocenters. The van der Waals surface area contributed by atoms with E-state index in [9.17, 15) is 4.79 Å². The first-order chi connectivity index (χ1) is 7.59. The Balaban J connectivity index is 2.06. The van der Waals surface area contributed by atoms with Crippen LogP contribution in [-0.4, -0.2) is 36.1 Å². The van der Waals surface area contributed by atoms with Crippen molar-refractivity contribution < 1.29 is 19.2 Å². The van der Waals surface area contributed by atoms with Gasteiger partial charge in [0.05, 0.1) is 19.8 Å². The predicted molar refractivity (Wildman–Crippen MR) is 56.0 cm³/mol. The van der Waals surface area contributed by atoms with E-state index in [1.165, 1.54) is 0 Å². The number of carbonyl (C=O) groups excluding carboxylic acids is 1. The van der Waals surface area contributed by atoms with Crippen LogP contribution in [0.3, 0.4) is 0 Å². The molecule has 16 heavy (non-hydrogen) atoms. The molecule has 0 aromatic carbocycles. The van der Waals surface area contributed by atoms with Crippen LogP contribution in [-0.2, 0) is 11.2 Å². The van der Waals surface area contributed by atoms with Crippen LogP contribution in [0, 0.1) is 6.92 Å². The zero-order chi connectivity index (χ0) is 12.0. The first-order valence-corrected chi connectivity index (χ1v) is 4.98. The van der Waals surface area contributed by atoms with Gasteiger partial charge in [-0.2, -0.15) is 0 Å². The van der Waals surface area contributed by atoms with E-state index < -0.39 is 6.03 Å². The molecule has 6 nitrogen and oxygen atoms in total. The van der Waals surface area contributed by atoms with Gasteiger partial charge in [-0.1, -0.05) is 0 Å². The van der Waals surface area contributed by atoms with Crippen LogP contribution < -0.4 is 5.73 Å². The molecule has 0 aliphatic carbocycles. The number of amides is 2. The van der Waals surface area contributed by atoms with Gasteiger partial charge in [0.25, 0.3) is 0 Å². The zero-order valence-electron chi connectivity index (χ0n) is 9.18. The van der Waals surface area contributed by atoms with Crippen molar-refractivity contribution in [2.24, 2.45) is 5.73 Å². The number of carbonyl (C=O) groups is 1.